The molecule has 6 heteroatoms. The molecule has 0 saturated heterocycles. The Morgan fingerprint density at radius 3 is 2.50 bits per heavy atom. The molecule has 100 valence electrons. The summed E-state index contributed by atoms with van der Waals surface area (Å²) in [5.41, 5.74) is 3.46. The van der Waals surface area contributed by atoms with Crippen molar-refractivity contribution in [1.29, 1.82) is 0 Å². The van der Waals surface area contributed by atoms with Crippen molar-refractivity contribution >= 4 is 39.8 Å². The van der Waals surface area contributed by atoms with E-state index in [2.05, 4.69) is 10.3 Å². The zero-order valence-electron chi connectivity index (χ0n) is 10.9. The molecule has 3 rings (SSSR count). The maximum Gasteiger partial charge on any atom is 0.488 e. The predicted octanol–water partition coefficient (Wildman–Crippen LogP) is 1.68. The normalized spacial score (nSPS) is 10.8. The molecular formula is C14H13BN2O2S. The van der Waals surface area contributed by atoms with Gasteiger partial charge in [-0.1, -0.05) is 6.07 Å². The molecule has 0 spiro atoms. The molecule has 0 saturated carbocycles. The van der Waals surface area contributed by atoms with Crippen molar-refractivity contribution in [1.82, 2.24) is 4.98 Å². The summed E-state index contributed by atoms with van der Waals surface area (Å²) in [6.45, 7) is 0. The molecule has 0 aliphatic heterocycles. The average molecular weight is 284 g/mol. The average Bonchev–Trinajstić information content (AvgIpc) is 2.90. The number of nitrogens with zero attached hydrogens (tertiary/aromatic N) is 1. The Balaban J connectivity index is 2.03. The summed E-state index contributed by atoms with van der Waals surface area (Å²) in [6.07, 6.45) is 0. The van der Waals surface area contributed by atoms with E-state index in [-0.39, 0.29) is 0 Å². The minimum absolute atomic E-state index is 0.484. The van der Waals surface area contributed by atoms with E-state index in [1.807, 2.05) is 37.4 Å². The SMILES string of the molecule is CNc1ccc(-c2nc3ccc(B(O)O)cc3s2)cc1. The minimum Gasteiger partial charge on any atom is -0.423 e. The highest BCUT2D eigenvalue weighted by Gasteiger charge is 2.13. The largest absolute Gasteiger partial charge is 0.488 e. The molecule has 0 unspecified atom stereocenters. The third-order valence-corrected chi connectivity index (χ3v) is 4.20. The Hall–Kier alpha value is -1.89. The van der Waals surface area contributed by atoms with E-state index in [0.717, 1.165) is 26.5 Å². The van der Waals surface area contributed by atoms with Gasteiger partial charge in [0, 0.05) is 18.3 Å². The summed E-state index contributed by atoms with van der Waals surface area (Å²) in [4.78, 5) is 4.57. The third-order valence-electron chi connectivity index (χ3n) is 3.13. The molecule has 0 radical (unpaired) electrons. The zero-order chi connectivity index (χ0) is 14.1. The number of aromatic nitrogens is 1. The van der Waals surface area contributed by atoms with E-state index in [9.17, 15) is 10.0 Å². The highest BCUT2D eigenvalue weighted by Crippen LogP contribution is 2.30. The molecule has 3 aromatic rings. The summed E-state index contributed by atoms with van der Waals surface area (Å²) in [6, 6.07) is 13.3. The van der Waals surface area contributed by atoms with Gasteiger partial charge in [0.2, 0.25) is 0 Å². The van der Waals surface area contributed by atoms with Gasteiger partial charge < -0.3 is 15.4 Å². The monoisotopic (exact) mass is 284 g/mol. The van der Waals surface area contributed by atoms with Crippen LogP contribution in [-0.2, 0) is 0 Å². The van der Waals surface area contributed by atoms with Crippen LogP contribution in [-0.4, -0.2) is 29.2 Å². The van der Waals surface area contributed by atoms with E-state index < -0.39 is 7.12 Å². The minimum atomic E-state index is -1.44. The Morgan fingerprint density at radius 2 is 1.85 bits per heavy atom. The van der Waals surface area contributed by atoms with Gasteiger partial charge in [-0.05, 0) is 41.9 Å². The molecule has 1 aromatic heterocycles. The zero-order valence-corrected chi connectivity index (χ0v) is 11.7. The van der Waals surface area contributed by atoms with Crippen LogP contribution in [0.3, 0.4) is 0 Å². The third kappa shape index (κ3) is 2.41. The molecule has 0 amide bonds. The fourth-order valence-corrected chi connectivity index (χ4v) is 3.02. The molecule has 0 bridgehead atoms. The second-order valence-corrected chi connectivity index (χ2v) is 5.48. The Bertz CT molecular complexity index is 741. The van der Waals surface area contributed by atoms with Crippen molar-refractivity contribution in [2.45, 2.75) is 0 Å². The maximum atomic E-state index is 9.20. The van der Waals surface area contributed by atoms with Gasteiger partial charge in [0.1, 0.15) is 5.01 Å². The smallest absolute Gasteiger partial charge is 0.423 e. The Labute approximate surface area is 120 Å². The van der Waals surface area contributed by atoms with Crippen molar-refractivity contribution in [3.05, 3.63) is 42.5 Å². The molecule has 0 aliphatic carbocycles. The first-order chi connectivity index (χ1) is 9.67. The lowest BCUT2D eigenvalue weighted by Crippen LogP contribution is -2.29. The maximum absolute atomic E-state index is 9.20. The van der Waals surface area contributed by atoms with E-state index in [4.69, 9.17) is 0 Å². The Kier molecular flexibility index (Phi) is 3.44. The van der Waals surface area contributed by atoms with E-state index in [1.165, 1.54) is 0 Å². The number of thiazole rings is 1. The van der Waals surface area contributed by atoms with E-state index >= 15 is 0 Å². The van der Waals surface area contributed by atoms with Crippen molar-refractivity contribution in [2.24, 2.45) is 0 Å². The van der Waals surface area contributed by atoms with Crippen molar-refractivity contribution < 1.29 is 10.0 Å². The molecule has 4 nitrogen and oxygen atoms in total. The lowest BCUT2D eigenvalue weighted by molar-refractivity contribution is 0.426. The molecule has 0 atom stereocenters. The number of hydrogen-bond acceptors (Lipinski definition) is 5. The van der Waals surface area contributed by atoms with Crippen LogP contribution in [0.1, 0.15) is 0 Å². The van der Waals surface area contributed by atoms with E-state index in [1.54, 1.807) is 23.5 Å². The van der Waals surface area contributed by atoms with Crippen LogP contribution < -0.4 is 10.8 Å². The number of benzene rings is 2. The summed E-state index contributed by atoms with van der Waals surface area (Å²) >= 11 is 1.54. The van der Waals surface area contributed by atoms with Gasteiger partial charge in [0.15, 0.2) is 0 Å². The first kappa shape index (κ1) is 13.1. The quantitative estimate of drug-likeness (QED) is 0.640. The van der Waals surface area contributed by atoms with Crippen LogP contribution in [0.25, 0.3) is 20.8 Å². The highest BCUT2D eigenvalue weighted by molar-refractivity contribution is 7.21. The van der Waals surface area contributed by atoms with Gasteiger partial charge in [-0.2, -0.15) is 0 Å². The van der Waals surface area contributed by atoms with Gasteiger partial charge >= 0.3 is 7.12 Å². The first-order valence-corrected chi connectivity index (χ1v) is 7.04. The fraction of sp³-hybridized carbons (Fsp3) is 0.0714. The Morgan fingerprint density at radius 1 is 1.10 bits per heavy atom. The second-order valence-electron chi connectivity index (χ2n) is 4.45. The molecule has 3 N–H and O–H groups in total. The summed E-state index contributed by atoms with van der Waals surface area (Å²) in [5.74, 6) is 0. The van der Waals surface area contributed by atoms with Crippen LogP contribution in [0.4, 0.5) is 5.69 Å². The van der Waals surface area contributed by atoms with Crippen LogP contribution in [0.5, 0.6) is 0 Å². The van der Waals surface area contributed by atoms with E-state index in [0.29, 0.717) is 5.46 Å². The molecule has 2 aromatic carbocycles. The van der Waals surface area contributed by atoms with Crippen LogP contribution in [0.2, 0.25) is 0 Å². The van der Waals surface area contributed by atoms with Gasteiger partial charge in [0.05, 0.1) is 10.2 Å². The summed E-state index contributed by atoms with van der Waals surface area (Å²) in [5, 5.41) is 22.4. The molecule has 20 heavy (non-hydrogen) atoms. The highest BCUT2D eigenvalue weighted by atomic mass is 32.1. The van der Waals surface area contributed by atoms with Gasteiger partial charge in [-0.15, -0.1) is 11.3 Å². The van der Waals surface area contributed by atoms with Crippen molar-refractivity contribution in [3.8, 4) is 10.6 Å². The second kappa shape index (κ2) is 5.24. The fourth-order valence-electron chi connectivity index (χ4n) is 2.00. The molecule has 0 aliphatic rings. The standard InChI is InChI=1S/C14H13BN2O2S/c1-16-11-5-2-9(3-6-11)14-17-12-7-4-10(15(18)19)8-13(12)20-14/h2-8,16,18-19H,1H3. The molecule has 0 fully saturated rings. The molecular weight excluding hydrogens is 271 g/mol. The van der Waals surface area contributed by atoms with Crippen molar-refractivity contribution in [3.63, 3.8) is 0 Å². The number of fused-ring (bicyclic) bond motifs is 1. The number of rotatable bonds is 3. The topological polar surface area (TPSA) is 65.4 Å². The van der Waals surface area contributed by atoms with Crippen LogP contribution in [0, 0.1) is 0 Å². The summed E-state index contributed by atoms with van der Waals surface area (Å²) in [7, 11) is 0.439. The van der Waals surface area contributed by atoms with Gasteiger partial charge in [-0.25, -0.2) is 4.98 Å². The predicted molar refractivity (Wildman–Crippen MR) is 84.4 cm³/mol. The van der Waals surface area contributed by atoms with Gasteiger partial charge in [0.25, 0.3) is 0 Å². The van der Waals surface area contributed by atoms with Crippen LogP contribution in [0.15, 0.2) is 42.5 Å². The number of nitrogens with one attached hydrogen (secondary N) is 1. The van der Waals surface area contributed by atoms with Crippen molar-refractivity contribution in [2.75, 3.05) is 12.4 Å². The lowest BCUT2D eigenvalue weighted by atomic mass is 9.80. The van der Waals surface area contributed by atoms with Crippen LogP contribution >= 0.6 is 11.3 Å². The van der Waals surface area contributed by atoms with Gasteiger partial charge in [-0.3, -0.25) is 0 Å². The first-order valence-electron chi connectivity index (χ1n) is 6.22. The summed E-state index contributed by atoms with van der Waals surface area (Å²) < 4.78 is 0.947. The number of anilines is 1. The molecule has 1 heterocycles. The number of hydrogen-bond donors (Lipinski definition) is 3. The lowest BCUT2D eigenvalue weighted by Gasteiger charge is -2.00.